The van der Waals surface area contributed by atoms with Crippen LogP contribution in [0.4, 0.5) is 4.39 Å². The topological polar surface area (TPSA) is 81.7 Å². The Morgan fingerprint density at radius 1 is 1.14 bits per heavy atom. The molecule has 2 amide bonds. The molecule has 4 rings (SSSR count). The van der Waals surface area contributed by atoms with Gasteiger partial charge >= 0.3 is 0 Å². The summed E-state index contributed by atoms with van der Waals surface area (Å²) in [5.41, 5.74) is 5.78. The molecular formula is C22H24FN3O3. The molecule has 0 spiro atoms. The van der Waals surface area contributed by atoms with Crippen LogP contribution in [-0.4, -0.2) is 41.1 Å². The van der Waals surface area contributed by atoms with Crippen molar-refractivity contribution in [3.63, 3.8) is 0 Å². The van der Waals surface area contributed by atoms with E-state index in [9.17, 15) is 14.0 Å². The van der Waals surface area contributed by atoms with Crippen molar-refractivity contribution in [3.05, 3.63) is 70.5 Å². The summed E-state index contributed by atoms with van der Waals surface area (Å²) in [6.45, 7) is 1.48. The van der Waals surface area contributed by atoms with Crippen molar-refractivity contribution in [2.75, 3.05) is 13.1 Å². The normalized spacial score (nSPS) is 20.1. The molecule has 2 aromatic carbocycles. The fourth-order valence-corrected chi connectivity index (χ4v) is 3.99. The SMILES string of the molecule is O=C(Cc1ccc2c(c1)CN(C(=O)CN[C@H]1C[C@@H]1c1ccc(F)cc1)CC2)NO. The summed E-state index contributed by atoms with van der Waals surface area (Å²) >= 11 is 0. The lowest BCUT2D eigenvalue weighted by Gasteiger charge is -2.29. The number of amides is 2. The highest BCUT2D eigenvalue weighted by molar-refractivity contribution is 5.79. The van der Waals surface area contributed by atoms with Gasteiger partial charge in [0.2, 0.25) is 11.8 Å². The molecule has 1 saturated carbocycles. The molecule has 0 aromatic heterocycles. The molecular weight excluding hydrogens is 373 g/mol. The molecule has 0 saturated heterocycles. The Bertz CT molecular complexity index is 916. The fourth-order valence-electron chi connectivity index (χ4n) is 3.99. The number of benzene rings is 2. The average Bonchev–Trinajstić information content (AvgIpc) is 3.51. The second-order valence-electron chi connectivity index (χ2n) is 7.76. The van der Waals surface area contributed by atoms with E-state index >= 15 is 0 Å². The number of hydrogen-bond acceptors (Lipinski definition) is 4. The summed E-state index contributed by atoms with van der Waals surface area (Å²) in [6.07, 6.45) is 1.85. The Morgan fingerprint density at radius 3 is 2.69 bits per heavy atom. The van der Waals surface area contributed by atoms with Gasteiger partial charge in [0.15, 0.2) is 0 Å². The van der Waals surface area contributed by atoms with Gasteiger partial charge in [-0.2, -0.15) is 0 Å². The maximum Gasteiger partial charge on any atom is 0.247 e. The van der Waals surface area contributed by atoms with E-state index in [1.54, 1.807) is 17.6 Å². The largest absolute Gasteiger partial charge is 0.337 e. The summed E-state index contributed by atoms with van der Waals surface area (Å²) in [6, 6.07) is 12.6. The van der Waals surface area contributed by atoms with Crippen LogP contribution in [0.1, 0.15) is 34.6 Å². The third-order valence-corrected chi connectivity index (χ3v) is 5.73. The third-order valence-electron chi connectivity index (χ3n) is 5.73. The first-order valence-electron chi connectivity index (χ1n) is 9.83. The summed E-state index contributed by atoms with van der Waals surface area (Å²) in [5.74, 6) is -0.303. The van der Waals surface area contributed by atoms with Crippen molar-refractivity contribution in [1.82, 2.24) is 15.7 Å². The summed E-state index contributed by atoms with van der Waals surface area (Å²) in [4.78, 5) is 25.9. The molecule has 6 nitrogen and oxygen atoms in total. The lowest BCUT2D eigenvalue weighted by Crippen LogP contribution is -2.41. The van der Waals surface area contributed by atoms with E-state index in [0.717, 1.165) is 29.5 Å². The van der Waals surface area contributed by atoms with Gasteiger partial charge in [0.05, 0.1) is 13.0 Å². The Hall–Kier alpha value is -2.77. The third kappa shape index (κ3) is 4.63. The molecule has 1 aliphatic heterocycles. The fraction of sp³-hybridized carbons (Fsp3) is 0.364. The molecule has 29 heavy (non-hydrogen) atoms. The summed E-state index contributed by atoms with van der Waals surface area (Å²) in [7, 11) is 0. The quantitative estimate of drug-likeness (QED) is 0.514. The number of hydroxylamine groups is 1. The molecule has 2 aromatic rings. The van der Waals surface area contributed by atoms with E-state index in [4.69, 9.17) is 5.21 Å². The molecule has 1 aliphatic carbocycles. The van der Waals surface area contributed by atoms with Crippen molar-refractivity contribution in [1.29, 1.82) is 0 Å². The van der Waals surface area contributed by atoms with Crippen LogP contribution in [0.2, 0.25) is 0 Å². The van der Waals surface area contributed by atoms with Gasteiger partial charge < -0.3 is 10.2 Å². The number of nitrogens with zero attached hydrogens (tertiary/aromatic N) is 1. The first-order chi connectivity index (χ1) is 14.0. The van der Waals surface area contributed by atoms with Gasteiger partial charge in [0.1, 0.15) is 5.82 Å². The first kappa shape index (κ1) is 19.5. The minimum Gasteiger partial charge on any atom is -0.337 e. The number of nitrogens with one attached hydrogen (secondary N) is 2. The Labute approximate surface area is 168 Å². The van der Waals surface area contributed by atoms with Crippen molar-refractivity contribution in [2.45, 2.75) is 37.8 Å². The maximum atomic E-state index is 13.0. The Balaban J connectivity index is 1.30. The van der Waals surface area contributed by atoms with Crippen LogP contribution in [0.5, 0.6) is 0 Å². The smallest absolute Gasteiger partial charge is 0.247 e. The van der Waals surface area contributed by atoms with Crippen molar-refractivity contribution >= 4 is 11.8 Å². The lowest BCUT2D eigenvalue weighted by molar-refractivity contribution is -0.131. The standard InChI is InChI=1S/C22H24FN3O3/c23-18-5-3-16(4-6-18)19-11-20(19)24-12-22(28)26-8-7-15-2-1-14(9-17(15)13-26)10-21(27)25-29/h1-6,9,19-20,24,29H,7-8,10-13H2,(H,25,27)/t19-,20+/m1/s1. The van der Waals surface area contributed by atoms with Gasteiger partial charge in [-0.3, -0.25) is 14.8 Å². The zero-order valence-electron chi connectivity index (χ0n) is 16.0. The molecule has 2 atom stereocenters. The number of fused-ring (bicyclic) bond motifs is 1. The van der Waals surface area contributed by atoms with Gasteiger partial charge in [-0.15, -0.1) is 0 Å². The van der Waals surface area contributed by atoms with Crippen LogP contribution < -0.4 is 10.8 Å². The van der Waals surface area contributed by atoms with Crippen LogP contribution in [0.15, 0.2) is 42.5 Å². The van der Waals surface area contributed by atoms with Crippen LogP contribution in [0, 0.1) is 5.82 Å². The van der Waals surface area contributed by atoms with Crippen LogP contribution >= 0.6 is 0 Å². The Kier molecular flexibility index (Phi) is 5.60. The number of hydrogen-bond donors (Lipinski definition) is 3. The van der Waals surface area contributed by atoms with Gasteiger partial charge in [-0.05, 0) is 47.2 Å². The van der Waals surface area contributed by atoms with E-state index in [0.29, 0.717) is 19.0 Å². The summed E-state index contributed by atoms with van der Waals surface area (Å²) in [5, 5.41) is 12.0. The lowest BCUT2D eigenvalue weighted by atomic mass is 9.96. The van der Waals surface area contributed by atoms with Crippen LogP contribution in [0.25, 0.3) is 0 Å². The second-order valence-corrected chi connectivity index (χ2v) is 7.76. The maximum absolute atomic E-state index is 13.0. The molecule has 1 fully saturated rings. The van der Waals surface area contributed by atoms with Gasteiger partial charge in [-0.1, -0.05) is 30.3 Å². The highest BCUT2D eigenvalue weighted by Gasteiger charge is 2.38. The predicted molar refractivity (Wildman–Crippen MR) is 105 cm³/mol. The number of rotatable bonds is 6. The monoisotopic (exact) mass is 397 g/mol. The van der Waals surface area contributed by atoms with E-state index in [-0.39, 0.29) is 30.7 Å². The highest BCUT2D eigenvalue weighted by Crippen LogP contribution is 2.40. The van der Waals surface area contributed by atoms with E-state index in [1.165, 1.54) is 17.7 Å². The minimum atomic E-state index is -0.460. The first-order valence-corrected chi connectivity index (χ1v) is 9.83. The Morgan fingerprint density at radius 2 is 1.93 bits per heavy atom. The molecule has 2 aliphatic rings. The molecule has 7 heteroatoms. The summed E-state index contributed by atoms with van der Waals surface area (Å²) < 4.78 is 13.0. The van der Waals surface area contributed by atoms with Crippen LogP contribution in [-0.2, 0) is 29.0 Å². The predicted octanol–water partition coefficient (Wildman–Crippen LogP) is 1.90. The highest BCUT2D eigenvalue weighted by atomic mass is 19.1. The van der Waals surface area contributed by atoms with Crippen molar-refractivity contribution in [3.8, 4) is 0 Å². The zero-order chi connectivity index (χ0) is 20.4. The molecule has 0 unspecified atom stereocenters. The molecule has 3 N–H and O–H groups in total. The van der Waals surface area contributed by atoms with E-state index in [1.807, 2.05) is 23.1 Å². The van der Waals surface area contributed by atoms with Crippen LogP contribution in [0.3, 0.4) is 0 Å². The van der Waals surface area contributed by atoms with E-state index < -0.39 is 5.91 Å². The van der Waals surface area contributed by atoms with Crippen molar-refractivity contribution in [2.24, 2.45) is 0 Å². The van der Waals surface area contributed by atoms with Gasteiger partial charge in [0.25, 0.3) is 0 Å². The number of halogens is 1. The molecule has 0 bridgehead atoms. The number of carbonyl (C=O) groups is 2. The second kappa shape index (κ2) is 8.31. The molecule has 1 heterocycles. The number of carbonyl (C=O) groups excluding carboxylic acids is 2. The molecule has 0 radical (unpaired) electrons. The minimum absolute atomic E-state index is 0.0545. The van der Waals surface area contributed by atoms with E-state index in [2.05, 4.69) is 5.32 Å². The van der Waals surface area contributed by atoms with Gasteiger partial charge in [-0.25, -0.2) is 9.87 Å². The van der Waals surface area contributed by atoms with Crippen molar-refractivity contribution < 1.29 is 19.2 Å². The van der Waals surface area contributed by atoms with Gasteiger partial charge in [0, 0.05) is 25.0 Å². The average molecular weight is 397 g/mol. The molecule has 152 valence electrons. The zero-order valence-corrected chi connectivity index (χ0v) is 16.0.